The number of amides is 2. The third-order valence-corrected chi connectivity index (χ3v) is 3.89. The van der Waals surface area contributed by atoms with Gasteiger partial charge >= 0.3 is 0 Å². The maximum atomic E-state index is 12.0. The fourth-order valence-corrected chi connectivity index (χ4v) is 2.58. The quantitative estimate of drug-likeness (QED) is 0.438. The van der Waals surface area contributed by atoms with Gasteiger partial charge in [0.25, 0.3) is 0 Å². The molecule has 0 aromatic heterocycles. The van der Waals surface area contributed by atoms with Crippen molar-refractivity contribution in [3.05, 3.63) is 58.1 Å². The van der Waals surface area contributed by atoms with E-state index < -0.39 is 11.8 Å². The minimum Gasteiger partial charge on any atom is -0.507 e. The summed E-state index contributed by atoms with van der Waals surface area (Å²) in [4.78, 5) is 23.8. The van der Waals surface area contributed by atoms with Crippen LogP contribution in [-0.2, 0) is 9.59 Å². The van der Waals surface area contributed by atoms with Crippen molar-refractivity contribution in [2.45, 2.75) is 34.1 Å². The molecule has 2 amide bonds. The Labute approximate surface area is 152 Å². The van der Waals surface area contributed by atoms with Crippen molar-refractivity contribution >= 4 is 23.7 Å². The number of rotatable bonds is 5. The molecule has 2 aromatic carbocycles. The lowest BCUT2D eigenvalue weighted by Gasteiger charge is -2.08. The Morgan fingerprint density at radius 2 is 1.65 bits per heavy atom. The van der Waals surface area contributed by atoms with Crippen LogP contribution in [-0.4, -0.2) is 23.1 Å². The van der Waals surface area contributed by atoms with Gasteiger partial charge in [0.15, 0.2) is 0 Å². The topological polar surface area (TPSA) is 90.8 Å². The minimum atomic E-state index is -0.504. The van der Waals surface area contributed by atoms with E-state index in [1.807, 2.05) is 32.0 Å². The molecule has 0 saturated heterocycles. The number of hydrogen-bond donors (Lipinski definition) is 3. The number of hydrogen-bond acceptors (Lipinski definition) is 4. The Kier molecular flexibility index (Phi) is 6.11. The Balaban J connectivity index is 1.89. The predicted molar refractivity (Wildman–Crippen MR) is 102 cm³/mol. The average Bonchev–Trinajstić information content (AvgIpc) is 2.55. The summed E-state index contributed by atoms with van der Waals surface area (Å²) >= 11 is 0. The van der Waals surface area contributed by atoms with Gasteiger partial charge in [-0.15, -0.1) is 0 Å². The van der Waals surface area contributed by atoms with Gasteiger partial charge in [-0.25, -0.2) is 5.43 Å². The van der Waals surface area contributed by atoms with Gasteiger partial charge in [0, 0.05) is 5.69 Å². The van der Waals surface area contributed by atoms with E-state index in [0.29, 0.717) is 5.69 Å². The molecule has 0 radical (unpaired) electrons. The van der Waals surface area contributed by atoms with Crippen LogP contribution >= 0.6 is 0 Å². The van der Waals surface area contributed by atoms with Crippen molar-refractivity contribution in [2.24, 2.45) is 5.10 Å². The highest BCUT2D eigenvalue weighted by molar-refractivity contribution is 6.04. The zero-order valence-electron chi connectivity index (χ0n) is 15.4. The summed E-state index contributed by atoms with van der Waals surface area (Å²) in [5.41, 5.74) is 7.27. The van der Waals surface area contributed by atoms with E-state index in [4.69, 9.17) is 0 Å². The number of nitrogens with zero attached hydrogens (tertiary/aromatic N) is 1. The Morgan fingerprint density at radius 1 is 1.00 bits per heavy atom. The summed E-state index contributed by atoms with van der Waals surface area (Å²) in [5, 5.41) is 16.3. The third kappa shape index (κ3) is 5.17. The summed E-state index contributed by atoms with van der Waals surface area (Å²) < 4.78 is 0. The van der Waals surface area contributed by atoms with E-state index in [1.165, 1.54) is 6.21 Å². The molecule has 0 unspecified atom stereocenters. The third-order valence-electron chi connectivity index (χ3n) is 3.89. The molecule has 0 aliphatic heterocycles. The summed E-state index contributed by atoms with van der Waals surface area (Å²) in [6.45, 7) is 7.45. The number of aromatic hydroxyl groups is 1. The molecule has 26 heavy (non-hydrogen) atoms. The molecule has 2 aromatic rings. The summed E-state index contributed by atoms with van der Waals surface area (Å²) in [7, 11) is 0. The summed E-state index contributed by atoms with van der Waals surface area (Å²) in [5.74, 6) is -0.661. The zero-order valence-corrected chi connectivity index (χ0v) is 15.4. The number of carbonyl (C=O) groups is 2. The van der Waals surface area contributed by atoms with E-state index in [2.05, 4.69) is 15.8 Å². The van der Waals surface area contributed by atoms with Crippen molar-refractivity contribution in [1.82, 2.24) is 5.43 Å². The Morgan fingerprint density at radius 3 is 2.27 bits per heavy atom. The fourth-order valence-electron chi connectivity index (χ4n) is 2.58. The van der Waals surface area contributed by atoms with Gasteiger partial charge in [-0.2, -0.15) is 5.10 Å². The number of benzene rings is 2. The zero-order chi connectivity index (χ0) is 19.3. The lowest BCUT2D eigenvalue weighted by atomic mass is 10.1. The molecule has 6 heteroatoms. The molecule has 3 N–H and O–H groups in total. The number of anilines is 1. The van der Waals surface area contributed by atoms with Gasteiger partial charge in [-0.1, -0.05) is 17.7 Å². The number of nitrogens with one attached hydrogen (secondary N) is 2. The number of phenols is 1. The normalized spacial score (nSPS) is 10.8. The smallest absolute Gasteiger partial charge is 0.249 e. The molecule has 2 rings (SSSR count). The largest absolute Gasteiger partial charge is 0.507 e. The van der Waals surface area contributed by atoms with Crippen LogP contribution in [0.4, 0.5) is 5.69 Å². The van der Waals surface area contributed by atoms with Gasteiger partial charge in [0.05, 0.1) is 6.21 Å². The van der Waals surface area contributed by atoms with Gasteiger partial charge in [-0.05, 0) is 68.1 Å². The van der Waals surface area contributed by atoms with Crippen LogP contribution in [0.1, 0.15) is 34.2 Å². The second-order valence-corrected chi connectivity index (χ2v) is 6.34. The molecule has 0 bridgehead atoms. The first-order chi connectivity index (χ1) is 12.3. The van der Waals surface area contributed by atoms with Gasteiger partial charge in [0.1, 0.15) is 12.2 Å². The highest BCUT2D eigenvalue weighted by Crippen LogP contribution is 2.22. The van der Waals surface area contributed by atoms with Gasteiger partial charge in [-0.3, -0.25) is 9.59 Å². The van der Waals surface area contributed by atoms with E-state index in [0.717, 1.165) is 27.8 Å². The highest BCUT2D eigenvalue weighted by Gasteiger charge is 2.10. The number of hydrazone groups is 1. The number of phenolic OH excluding ortho intramolecular Hbond substituents is 1. The van der Waals surface area contributed by atoms with Crippen molar-refractivity contribution in [1.29, 1.82) is 0 Å². The van der Waals surface area contributed by atoms with Crippen LogP contribution in [0.25, 0.3) is 0 Å². The standard InChI is InChI=1S/C20H23N3O3/c1-12-5-6-17(13(2)7-12)22-18(24)10-19(25)23-21-11-16-8-14(3)20(26)15(4)9-16/h5-9,11,26H,10H2,1-4H3,(H,22,24)(H,23,25). The second-order valence-electron chi connectivity index (χ2n) is 6.34. The van der Waals surface area contributed by atoms with E-state index in [1.54, 1.807) is 26.0 Å². The monoisotopic (exact) mass is 353 g/mol. The number of carbonyl (C=O) groups excluding carboxylic acids is 2. The molecule has 0 saturated carbocycles. The van der Waals surface area contributed by atoms with Gasteiger partial charge in [0.2, 0.25) is 11.8 Å². The molecule has 136 valence electrons. The molecule has 0 heterocycles. The highest BCUT2D eigenvalue weighted by atomic mass is 16.3. The van der Waals surface area contributed by atoms with Crippen molar-refractivity contribution in [3.8, 4) is 5.75 Å². The predicted octanol–water partition coefficient (Wildman–Crippen LogP) is 3.10. The minimum absolute atomic E-state index is 0.245. The van der Waals surface area contributed by atoms with Crippen molar-refractivity contribution in [2.75, 3.05) is 5.32 Å². The molecule has 0 aliphatic carbocycles. The van der Waals surface area contributed by atoms with Crippen LogP contribution in [0.5, 0.6) is 5.75 Å². The Bertz CT molecular complexity index is 850. The van der Waals surface area contributed by atoms with Crippen LogP contribution in [0, 0.1) is 27.7 Å². The fraction of sp³-hybridized carbons (Fsp3) is 0.250. The van der Waals surface area contributed by atoms with Crippen molar-refractivity contribution < 1.29 is 14.7 Å². The van der Waals surface area contributed by atoms with Crippen LogP contribution < -0.4 is 10.7 Å². The molecule has 6 nitrogen and oxygen atoms in total. The van der Waals surface area contributed by atoms with E-state index in [-0.39, 0.29) is 12.2 Å². The maximum absolute atomic E-state index is 12.0. The summed E-state index contributed by atoms with van der Waals surface area (Å²) in [6, 6.07) is 9.18. The molecule has 0 fully saturated rings. The van der Waals surface area contributed by atoms with Crippen LogP contribution in [0.15, 0.2) is 35.4 Å². The first-order valence-corrected chi connectivity index (χ1v) is 8.25. The lowest BCUT2D eigenvalue weighted by molar-refractivity contribution is -0.126. The number of aryl methyl sites for hydroxylation is 4. The molecular formula is C20H23N3O3. The van der Waals surface area contributed by atoms with Crippen LogP contribution in [0.2, 0.25) is 0 Å². The molecule has 0 aliphatic rings. The van der Waals surface area contributed by atoms with Crippen LogP contribution in [0.3, 0.4) is 0 Å². The summed E-state index contributed by atoms with van der Waals surface area (Å²) in [6.07, 6.45) is 1.15. The van der Waals surface area contributed by atoms with Crippen molar-refractivity contribution in [3.63, 3.8) is 0 Å². The molecular weight excluding hydrogens is 330 g/mol. The first-order valence-electron chi connectivity index (χ1n) is 8.25. The second kappa shape index (κ2) is 8.29. The average molecular weight is 353 g/mol. The lowest BCUT2D eigenvalue weighted by Crippen LogP contribution is -2.24. The Hall–Kier alpha value is -3.15. The van der Waals surface area contributed by atoms with Gasteiger partial charge < -0.3 is 10.4 Å². The maximum Gasteiger partial charge on any atom is 0.249 e. The van der Waals surface area contributed by atoms with E-state index >= 15 is 0 Å². The van der Waals surface area contributed by atoms with E-state index in [9.17, 15) is 14.7 Å². The first kappa shape index (κ1) is 19.2. The molecule has 0 spiro atoms. The molecule has 0 atom stereocenters. The SMILES string of the molecule is Cc1ccc(NC(=O)CC(=O)NN=Cc2cc(C)c(O)c(C)c2)c(C)c1.